The van der Waals surface area contributed by atoms with Gasteiger partial charge in [0.1, 0.15) is 5.78 Å². The summed E-state index contributed by atoms with van der Waals surface area (Å²) < 4.78 is 0. The average molecular weight is 912 g/mol. The second kappa shape index (κ2) is 46.6. The van der Waals surface area contributed by atoms with E-state index in [9.17, 15) is 14.4 Å². The first kappa shape index (κ1) is 69.0. The van der Waals surface area contributed by atoms with E-state index in [-0.39, 0.29) is 17.6 Å². The summed E-state index contributed by atoms with van der Waals surface area (Å²) in [5, 5.41) is 13.0. The van der Waals surface area contributed by atoms with Crippen molar-refractivity contribution < 1.29 is 14.4 Å². The van der Waals surface area contributed by atoms with Crippen molar-refractivity contribution in [2.45, 2.75) is 234 Å². The normalized spacial score (nSPS) is 15.8. The highest BCUT2D eigenvalue weighted by molar-refractivity contribution is 5.79. The monoisotopic (exact) mass is 911 g/mol. The number of rotatable bonds is 17. The lowest BCUT2D eigenvalue weighted by Gasteiger charge is -2.30. The van der Waals surface area contributed by atoms with Crippen molar-refractivity contribution in [2.24, 2.45) is 59.0 Å². The van der Waals surface area contributed by atoms with E-state index in [0.29, 0.717) is 49.6 Å². The predicted octanol–water partition coefficient (Wildman–Crippen LogP) is 12.3. The van der Waals surface area contributed by atoms with Gasteiger partial charge in [-0.15, -0.1) is 0 Å². The Labute approximate surface area is 401 Å². The first-order chi connectivity index (χ1) is 30.0. The number of nitrogens with two attached hydrogens (primary N) is 1. The summed E-state index contributed by atoms with van der Waals surface area (Å²) in [6, 6.07) is 1.37. The molecule has 0 spiro atoms. The van der Waals surface area contributed by atoms with Gasteiger partial charge in [-0.05, 0) is 112 Å². The number of hydrogen-bond acceptors (Lipinski definition) is 7. The van der Waals surface area contributed by atoms with Gasteiger partial charge in [0.2, 0.25) is 11.8 Å². The second-order valence-corrected chi connectivity index (χ2v) is 21.9. The number of piperazine rings is 1. The summed E-state index contributed by atoms with van der Waals surface area (Å²) in [5.74, 6) is 7.27. The molecule has 2 heterocycles. The van der Waals surface area contributed by atoms with Gasteiger partial charge in [0, 0.05) is 63.4 Å². The maximum atomic E-state index is 11.5. The van der Waals surface area contributed by atoms with E-state index in [0.717, 1.165) is 67.7 Å². The molecule has 2 amide bonds. The molecule has 0 aromatic heterocycles. The third kappa shape index (κ3) is 51.4. The Balaban J connectivity index is -0.000000327. The molecule has 2 saturated heterocycles. The van der Waals surface area contributed by atoms with E-state index < -0.39 is 0 Å². The molecule has 0 bridgehead atoms. The summed E-state index contributed by atoms with van der Waals surface area (Å²) >= 11 is 0. The Morgan fingerprint density at radius 3 is 1.31 bits per heavy atom. The van der Waals surface area contributed by atoms with Crippen LogP contribution in [0.4, 0.5) is 0 Å². The third-order valence-electron chi connectivity index (χ3n) is 11.6. The molecule has 2 aliphatic carbocycles. The standard InChI is InChI=1S/C9H18N2O.C9H19N.C8H15NO.C7H15NO.C6H13N.C6H14.2C5H12/c1-8(2)7-9(12)11-5-3-10-4-6-11;1-8(2)6-7-10-9-4-3-5-9;1-6(2)8(10)9-7-4-3-5-7;1-6(2)5-7(9)3-4-8;1-5(2)6-3-7-4-6;1-4-5-6(2)3;2*1-4-5(2)3/h8,10H,3-7H2,1-2H3;8-10H,3-7H2,1-2H3;6-7H,3-5H2,1-2H3,(H,9,10);6H,3-5,8H2,1-2H3;5-7H,3-4H2,1-2H3;6H,4-5H2,1-3H3;2*5H,4H2,1-3H3. The van der Waals surface area contributed by atoms with Crippen LogP contribution in [0.15, 0.2) is 0 Å². The van der Waals surface area contributed by atoms with Crippen molar-refractivity contribution in [1.29, 1.82) is 0 Å². The number of ketones is 1. The van der Waals surface area contributed by atoms with Gasteiger partial charge in [-0.1, -0.05) is 164 Å². The lowest BCUT2D eigenvalue weighted by Crippen LogP contribution is -2.46. The number of carbonyl (C=O) groups excluding carboxylic acids is 3. The number of hydrogen-bond donors (Lipinski definition) is 5. The minimum atomic E-state index is 0.139. The largest absolute Gasteiger partial charge is 0.353 e. The first-order valence-electron chi connectivity index (χ1n) is 26.9. The molecular formula is C55H118N6O3. The molecule has 386 valence electrons. The average Bonchev–Trinajstić information content (AvgIpc) is 3.14. The molecule has 9 nitrogen and oxygen atoms in total. The lowest BCUT2D eigenvalue weighted by atomic mass is 9.91. The van der Waals surface area contributed by atoms with E-state index in [2.05, 4.69) is 125 Å². The molecule has 2 aliphatic heterocycles. The Kier molecular flexibility index (Phi) is 50.2. The third-order valence-corrected chi connectivity index (χ3v) is 11.6. The van der Waals surface area contributed by atoms with E-state index >= 15 is 0 Å². The van der Waals surface area contributed by atoms with Crippen LogP contribution in [-0.4, -0.2) is 86.9 Å². The summed E-state index contributed by atoms with van der Waals surface area (Å²) in [6.45, 7) is 49.1. The molecule has 64 heavy (non-hydrogen) atoms. The first-order valence-corrected chi connectivity index (χ1v) is 26.9. The van der Waals surface area contributed by atoms with Crippen molar-refractivity contribution in [2.75, 3.05) is 52.4 Å². The van der Waals surface area contributed by atoms with Crippen molar-refractivity contribution in [3.05, 3.63) is 0 Å². The van der Waals surface area contributed by atoms with Crippen LogP contribution < -0.4 is 27.0 Å². The van der Waals surface area contributed by atoms with Crippen LogP contribution in [-0.2, 0) is 14.4 Å². The molecule has 9 heteroatoms. The van der Waals surface area contributed by atoms with Crippen LogP contribution in [0.1, 0.15) is 221 Å². The Hall–Kier alpha value is -1.55. The number of nitrogens with zero attached hydrogens (tertiary/aromatic N) is 1. The summed E-state index contributed by atoms with van der Waals surface area (Å²) in [5.41, 5.74) is 5.18. The Morgan fingerprint density at radius 2 is 1.06 bits per heavy atom. The molecular weight excluding hydrogens is 793 g/mol. The number of carbonyl (C=O) groups is 3. The molecule has 0 unspecified atom stereocenters. The quantitative estimate of drug-likeness (QED) is 0.0983. The van der Waals surface area contributed by atoms with Crippen LogP contribution in [0.2, 0.25) is 0 Å². The summed E-state index contributed by atoms with van der Waals surface area (Å²) in [7, 11) is 0. The maximum absolute atomic E-state index is 11.5. The van der Waals surface area contributed by atoms with Gasteiger partial charge < -0.3 is 31.9 Å². The smallest absolute Gasteiger partial charge is 0.222 e. The Morgan fingerprint density at radius 1 is 0.609 bits per heavy atom. The van der Waals surface area contributed by atoms with Gasteiger partial charge in [0.15, 0.2) is 0 Å². The SMILES string of the molecule is CC(C)C(=O)NC1CCC1.CC(C)C1CNC1.CC(C)CC(=O)CCN.CC(C)CC(=O)N1CCNCC1.CC(C)CCNC1CCC1.CCC(C)C.CCC(C)C.CCCC(C)C. The summed E-state index contributed by atoms with van der Waals surface area (Å²) in [6.07, 6.45) is 16.5. The fourth-order valence-electron chi connectivity index (χ4n) is 5.58. The molecule has 4 rings (SSSR count). The maximum Gasteiger partial charge on any atom is 0.222 e. The highest BCUT2D eigenvalue weighted by atomic mass is 16.2. The van der Waals surface area contributed by atoms with E-state index in [1.165, 1.54) is 90.3 Å². The van der Waals surface area contributed by atoms with Crippen molar-refractivity contribution in [1.82, 2.24) is 26.2 Å². The van der Waals surface area contributed by atoms with Gasteiger partial charge in [-0.25, -0.2) is 0 Å². The molecule has 4 fully saturated rings. The van der Waals surface area contributed by atoms with Crippen LogP contribution in [0.5, 0.6) is 0 Å². The zero-order valence-electron chi connectivity index (χ0n) is 46.7. The molecule has 2 saturated carbocycles. The van der Waals surface area contributed by atoms with Crippen molar-refractivity contribution in [3.8, 4) is 0 Å². The summed E-state index contributed by atoms with van der Waals surface area (Å²) in [4.78, 5) is 35.3. The van der Waals surface area contributed by atoms with Crippen molar-refractivity contribution >= 4 is 17.6 Å². The molecule has 0 aromatic carbocycles. The van der Waals surface area contributed by atoms with Crippen LogP contribution in [0.3, 0.4) is 0 Å². The van der Waals surface area contributed by atoms with Gasteiger partial charge in [-0.2, -0.15) is 0 Å². The van der Waals surface area contributed by atoms with Crippen molar-refractivity contribution in [3.63, 3.8) is 0 Å². The lowest BCUT2D eigenvalue weighted by molar-refractivity contribution is -0.132. The zero-order valence-corrected chi connectivity index (χ0v) is 46.7. The van der Waals surface area contributed by atoms with Gasteiger partial charge in [0.25, 0.3) is 0 Å². The number of nitrogens with one attached hydrogen (secondary N) is 4. The minimum absolute atomic E-state index is 0.139. The topological polar surface area (TPSA) is 129 Å². The van der Waals surface area contributed by atoms with E-state index in [1.54, 1.807) is 0 Å². The molecule has 4 aliphatic rings. The van der Waals surface area contributed by atoms with Crippen LogP contribution >= 0.6 is 0 Å². The number of Topliss-reactive ketones (excluding diaryl/α,β-unsaturated/α-hetero) is 1. The fourth-order valence-corrected chi connectivity index (χ4v) is 5.58. The molecule has 0 atom stereocenters. The fraction of sp³-hybridized carbons (Fsp3) is 0.945. The van der Waals surface area contributed by atoms with E-state index in [4.69, 9.17) is 5.73 Å². The second-order valence-electron chi connectivity index (χ2n) is 21.9. The highest BCUT2D eigenvalue weighted by Gasteiger charge is 2.21. The van der Waals surface area contributed by atoms with Gasteiger partial charge >= 0.3 is 0 Å². The van der Waals surface area contributed by atoms with Crippen LogP contribution in [0, 0.1) is 53.3 Å². The molecule has 0 aromatic rings. The Bertz CT molecular complexity index is 1000. The molecule has 0 radical (unpaired) electrons. The van der Waals surface area contributed by atoms with Crippen LogP contribution in [0.25, 0.3) is 0 Å². The highest BCUT2D eigenvalue weighted by Crippen LogP contribution is 2.19. The minimum Gasteiger partial charge on any atom is -0.353 e. The van der Waals surface area contributed by atoms with E-state index in [1.807, 2.05) is 32.6 Å². The van der Waals surface area contributed by atoms with Gasteiger partial charge in [0.05, 0.1) is 0 Å². The van der Waals surface area contributed by atoms with Gasteiger partial charge in [-0.3, -0.25) is 14.4 Å². The molecule has 6 N–H and O–H groups in total. The number of amides is 2. The zero-order chi connectivity index (χ0) is 50.0. The predicted molar refractivity (Wildman–Crippen MR) is 284 cm³/mol.